The standard InChI is InChI=1S/C14H15ClN2O2S/c1-9-3-4-11(7-13(9)17(18)19)10(2)16-8-12-5-6-14(15)20-12/h3-7,10,16H,8H2,1-2H3. The molecule has 0 fully saturated rings. The first-order valence-electron chi connectivity index (χ1n) is 6.20. The highest BCUT2D eigenvalue weighted by molar-refractivity contribution is 7.16. The van der Waals surface area contributed by atoms with Crippen LogP contribution in [0.5, 0.6) is 0 Å². The number of aryl methyl sites for hydroxylation is 1. The normalized spacial score (nSPS) is 12.3. The largest absolute Gasteiger partial charge is 0.305 e. The van der Waals surface area contributed by atoms with Crippen molar-refractivity contribution in [3.63, 3.8) is 0 Å². The van der Waals surface area contributed by atoms with Crippen molar-refractivity contribution >= 4 is 28.6 Å². The van der Waals surface area contributed by atoms with Gasteiger partial charge < -0.3 is 5.32 Å². The van der Waals surface area contributed by atoms with Crippen LogP contribution < -0.4 is 5.32 Å². The van der Waals surface area contributed by atoms with Crippen LogP contribution in [0.3, 0.4) is 0 Å². The summed E-state index contributed by atoms with van der Waals surface area (Å²) in [5, 5.41) is 14.3. The van der Waals surface area contributed by atoms with Gasteiger partial charge in [-0.1, -0.05) is 23.7 Å². The van der Waals surface area contributed by atoms with Crippen LogP contribution in [0.1, 0.15) is 29.0 Å². The Hall–Kier alpha value is -1.43. The second-order valence-electron chi connectivity index (χ2n) is 4.61. The quantitative estimate of drug-likeness (QED) is 0.655. The van der Waals surface area contributed by atoms with Crippen LogP contribution in [0.2, 0.25) is 4.34 Å². The lowest BCUT2D eigenvalue weighted by molar-refractivity contribution is -0.385. The van der Waals surface area contributed by atoms with E-state index in [-0.39, 0.29) is 16.7 Å². The number of hydrogen-bond donors (Lipinski definition) is 1. The number of nitrogens with zero attached hydrogens (tertiary/aromatic N) is 1. The lowest BCUT2D eigenvalue weighted by Gasteiger charge is -2.14. The molecule has 0 bridgehead atoms. The molecule has 0 spiro atoms. The molecule has 1 heterocycles. The van der Waals surface area contributed by atoms with Crippen molar-refractivity contribution in [2.24, 2.45) is 0 Å². The third-order valence-electron chi connectivity index (χ3n) is 3.14. The number of rotatable bonds is 5. The molecule has 6 heteroatoms. The molecule has 1 N–H and O–H groups in total. The molecule has 0 aliphatic carbocycles. The summed E-state index contributed by atoms with van der Waals surface area (Å²) in [6.07, 6.45) is 0. The second kappa shape index (κ2) is 6.35. The number of nitrogens with one attached hydrogen (secondary N) is 1. The van der Waals surface area contributed by atoms with Crippen molar-refractivity contribution in [1.82, 2.24) is 5.32 Å². The average Bonchev–Trinajstić information content (AvgIpc) is 2.82. The zero-order chi connectivity index (χ0) is 14.7. The van der Waals surface area contributed by atoms with Gasteiger partial charge in [0.2, 0.25) is 0 Å². The average molecular weight is 311 g/mol. The van der Waals surface area contributed by atoms with E-state index in [4.69, 9.17) is 11.6 Å². The molecule has 1 atom stereocenters. The van der Waals surface area contributed by atoms with E-state index in [1.807, 2.05) is 25.1 Å². The summed E-state index contributed by atoms with van der Waals surface area (Å²) in [4.78, 5) is 11.8. The zero-order valence-electron chi connectivity index (χ0n) is 11.2. The van der Waals surface area contributed by atoms with Gasteiger partial charge in [0.05, 0.1) is 9.26 Å². The first-order valence-corrected chi connectivity index (χ1v) is 7.39. The van der Waals surface area contributed by atoms with Gasteiger partial charge in [-0.3, -0.25) is 10.1 Å². The number of benzene rings is 1. The number of hydrogen-bond acceptors (Lipinski definition) is 4. The lowest BCUT2D eigenvalue weighted by atomic mass is 10.0. The van der Waals surface area contributed by atoms with Crippen molar-refractivity contribution in [2.75, 3.05) is 0 Å². The molecule has 1 aromatic carbocycles. The maximum atomic E-state index is 11.0. The van der Waals surface area contributed by atoms with Crippen LogP contribution in [-0.4, -0.2) is 4.92 Å². The lowest BCUT2D eigenvalue weighted by Crippen LogP contribution is -2.17. The molecule has 106 valence electrons. The Kier molecular flexibility index (Phi) is 4.75. The van der Waals surface area contributed by atoms with E-state index in [0.717, 1.165) is 14.8 Å². The molecule has 1 unspecified atom stereocenters. The van der Waals surface area contributed by atoms with Crippen LogP contribution in [-0.2, 0) is 6.54 Å². The molecular formula is C14H15ClN2O2S. The zero-order valence-corrected chi connectivity index (χ0v) is 12.8. The van der Waals surface area contributed by atoms with Crippen molar-refractivity contribution in [3.8, 4) is 0 Å². The Balaban J connectivity index is 2.07. The molecule has 1 aromatic heterocycles. The first-order chi connectivity index (χ1) is 9.47. The smallest absolute Gasteiger partial charge is 0.272 e. The van der Waals surface area contributed by atoms with Gasteiger partial charge in [0.15, 0.2) is 0 Å². The van der Waals surface area contributed by atoms with Gasteiger partial charge in [-0.15, -0.1) is 11.3 Å². The third-order valence-corrected chi connectivity index (χ3v) is 4.37. The van der Waals surface area contributed by atoms with Crippen LogP contribution in [0, 0.1) is 17.0 Å². The van der Waals surface area contributed by atoms with Gasteiger partial charge in [-0.2, -0.15) is 0 Å². The number of nitro benzene ring substituents is 1. The van der Waals surface area contributed by atoms with Crippen molar-refractivity contribution in [2.45, 2.75) is 26.4 Å². The number of halogens is 1. The fraction of sp³-hybridized carbons (Fsp3) is 0.286. The molecule has 4 nitrogen and oxygen atoms in total. The van der Waals surface area contributed by atoms with E-state index < -0.39 is 0 Å². The van der Waals surface area contributed by atoms with E-state index in [1.165, 1.54) is 11.3 Å². The maximum Gasteiger partial charge on any atom is 0.272 e. The van der Waals surface area contributed by atoms with Crippen LogP contribution in [0.4, 0.5) is 5.69 Å². The molecule has 0 saturated carbocycles. The summed E-state index contributed by atoms with van der Waals surface area (Å²) < 4.78 is 0.764. The van der Waals surface area contributed by atoms with Crippen LogP contribution in [0.15, 0.2) is 30.3 Å². The molecule has 2 aromatic rings. The fourth-order valence-corrected chi connectivity index (χ4v) is 2.95. The molecule has 0 radical (unpaired) electrons. The Labute approximate surface area is 126 Å². The number of nitro groups is 1. The minimum absolute atomic E-state index is 0.0372. The van der Waals surface area contributed by atoms with Gasteiger partial charge >= 0.3 is 0 Å². The van der Waals surface area contributed by atoms with Crippen molar-refractivity contribution in [3.05, 3.63) is 60.8 Å². The van der Waals surface area contributed by atoms with E-state index in [0.29, 0.717) is 12.1 Å². The first kappa shape index (κ1) is 15.0. The predicted molar refractivity (Wildman–Crippen MR) is 82.4 cm³/mol. The van der Waals surface area contributed by atoms with Gasteiger partial charge in [-0.25, -0.2) is 0 Å². The van der Waals surface area contributed by atoms with E-state index >= 15 is 0 Å². The third kappa shape index (κ3) is 3.56. The Morgan fingerprint density at radius 1 is 1.40 bits per heavy atom. The van der Waals surface area contributed by atoms with Crippen LogP contribution in [0.25, 0.3) is 0 Å². The highest BCUT2D eigenvalue weighted by Gasteiger charge is 2.14. The minimum atomic E-state index is -0.343. The highest BCUT2D eigenvalue weighted by atomic mass is 35.5. The van der Waals surface area contributed by atoms with Gasteiger partial charge in [0.1, 0.15) is 0 Å². The molecule has 0 amide bonds. The highest BCUT2D eigenvalue weighted by Crippen LogP contribution is 2.25. The van der Waals surface area contributed by atoms with Gasteiger partial charge in [-0.05, 0) is 31.5 Å². The Morgan fingerprint density at radius 3 is 2.75 bits per heavy atom. The molecular weight excluding hydrogens is 296 g/mol. The van der Waals surface area contributed by atoms with Gasteiger partial charge in [0, 0.05) is 29.1 Å². The maximum absolute atomic E-state index is 11.0. The van der Waals surface area contributed by atoms with Crippen molar-refractivity contribution in [1.29, 1.82) is 0 Å². The SMILES string of the molecule is Cc1ccc(C(C)NCc2ccc(Cl)s2)cc1[N+](=O)[O-]. The van der Waals surface area contributed by atoms with Crippen LogP contribution >= 0.6 is 22.9 Å². The summed E-state index contributed by atoms with van der Waals surface area (Å²) in [5.41, 5.74) is 1.75. The summed E-state index contributed by atoms with van der Waals surface area (Å²) in [5.74, 6) is 0. The van der Waals surface area contributed by atoms with E-state index in [9.17, 15) is 10.1 Å². The summed E-state index contributed by atoms with van der Waals surface area (Å²) in [7, 11) is 0. The topological polar surface area (TPSA) is 55.2 Å². The molecule has 2 rings (SSSR count). The predicted octanol–water partition coefficient (Wildman–Crippen LogP) is 4.47. The Bertz CT molecular complexity index is 627. The summed E-state index contributed by atoms with van der Waals surface area (Å²) in [6.45, 7) is 4.43. The fourth-order valence-electron chi connectivity index (χ4n) is 1.91. The minimum Gasteiger partial charge on any atom is -0.305 e. The monoisotopic (exact) mass is 310 g/mol. The second-order valence-corrected chi connectivity index (χ2v) is 6.41. The van der Waals surface area contributed by atoms with Crippen molar-refractivity contribution < 1.29 is 4.92 Å². The molecule has 0 saturated heterocycles. The van der Waals surface area contributed by atoms with E-state index in [1.54, 1.807) is 19.1 Å². The van der Waals surface area contributed by atoms with E-state index in [2.05, 4.69) is 5.32 Å². The molecule has 20 heavy (non-hydrogen) atoms. The summed E-state index contributed by atoms with van der Waals surface area (Å²) in [6, 6.07) is 9.22. The Morgan fingerprint density at radius 2 is 2.15 bits per heavy atom. The number of thiophene rings is 1. The summed E-state index contributed by atoms with van der Waals surface area (Å²) >= 11 is 7.41. The molecule has 0 aliphatic rings. The van der Waals surface area contributed by atoms with Gasteiger partial charge in [0.25, 0.3) is 5.69 Å². The molecule has 0 aliphatic heterocycles.